The van der Waals surface area contributed by atoms with Crippen LogP contribution in [0.25, 0.3) is 0 Å². The standard InChI is InChI=1S/C12H14F2N2O/c1-3-15-8-11(17)16-10-6-4-5-9(7-10)12(2,13)14/h3-7,15H,1,8H2,2H3,(H,16,17). The molecule has 0 bridgehead atoms. The zero-order chi connectivity index (χ0) is 12.9. The van der Waals surface area contributed by atoms with Crippen molar-refractivity contribution in [3.63, 3.8) is 0 Å². The molecule has 3 nitrogen and oxygen atoms in total. The van der Waals surface area contributed by atoms with E-state index in [1.807, 2.05) is 0 Å². The second-order valence-corrected chi connectivity index (χ2v) is 3.60. The number of amides is 1. The Balaban J connectivity index is 2.72. The lowest BCUT2D eigenvalue weighted by atomic mass is 10.1. The highest BCUT2D eigenvalue weighted by atomic mass is 19.3. The summed E-state index contributed by atoms with van der Waals surface area (Å²) in [5, 5.41) is 5.12. The van der Waals surface area contributed by atoms with Crippen LogP contribution in [-0.2, 0) is 10.7 Å². The summed E-state index contributed by atoms with van der Waals surface area (Å²) in [6.07, 6.45) is 1.39. The molecule has 0 aliphatic rings. The first-order valence-corrected chi connectivity index (χ1v) is 5.06. The van der Waals surface area contributed by atoms with Crippen LogP contribution in [-0.4, -0.2) is 12.5 Å². The van der Waals surface area contributed by atoms with Crippen LogP contribution in [0.2, 0.25) is 0 Å². The molecule has 1 rings (SSSR count). The van der Waals surface area contributed by atoms with Gasteiger partial charge in [0.05, 0.1) is 6.54 Å². The van der Waals surface area contributed by atoms with Gasteiger partial charge in [0, 0.05) is 18.2 Å². The molecule has 0 saturated carbocycles. The minimum absolute atomic E-state index is 0.0518. The SMILES string of the molecule is C=CNCC(=O)Nc1cccc(C(C)(F)F)c1. The summed E-state index contributed by atoms with van der Waals surface area (Å²) >= 11 is 0. The van der Waals surface area contributed by atoms with Gasteiger partial charge in [0.15, 0.2) is 0 Å². The maximum Gasteiger partial charge on any atom is 0.270 e. The number of carbonyl (C=O) groups excluding carboxylic acids is 1. The summed E-state index contributed by atoms with van der Waals surface area (Å²) in [6.45, 7) is 4.26. The lowest BCUT2D eigenvalue weighted by Gasteiger charge is -2.12. The van der Waals surface area contributed by atoms with Gasteiger partial charge in [-0.05, 0) is 18.3 Å². The summed E-state index contributed by atoms with van der Waals surface area (Å²) in [5.41, 5.74) is 0.215. The van der Waals surface area contributed by atoms with Gasteiger partial charge in [0.1, 0.15) is 0 Å². The highest BCUT2D eigenvalue weighted by Crippen LogP contribution is 2.28. The number of hydrogen-bond donors (Lipinski definition) is 2. The predicted molar refractivity (Wildman–Crippen MR) is 62.8 cm³/mol. The van der Waals surface area contributed by atoms with Crippen LogP contribution in [0.15, 0.2) is 37.0 Å². The molecule has 0 aliphatic heterocycles. The molecule has 2 N–H and O–H groups in total. The molecular formula is C12H14F2N2O. The fraction of sp³-hybridized carbons (Fsp3) is 0.250. The Kier molecular flexibility index (Phi) is 4.20. The van der Waals surface area contributed by atoms with Crippen LogP contribution >= 0.6 is 0 Å². The Morgan fingerprint density at radius 3 is 2.82 bits per heavy atom. The Hall–Kier alpha value is -1.91. The molecule has 0 aromatic heterocycles. The molecule has 17 heavy (non-hydrogen) atoms. The average Bonchev–Trinajstić information content (AvgIpc) is 2.25. The Labute approximate surface area is 98.5 Å². The topological polar surface area (TPSA) is 41.1 Å². The first-order chi connectivity index (χ1) is 7.93. The summed E-state index contributed by atoms with van der Waals surface area (Å²) in [4.78, 5) is 11.3. The van der Waals surface area contributed by atoms with Crippen LogP contribution in [0.3, 0.4) is 0 Å². The third-order valence-corrected chi connectivity index (χ3v) is 2.06. The van der Waals surface area contributed by atoms with E-state index in [-0.39, 0.29) is 18.0 Å². The van der Waals surface area contributed by atoms with Crippen molar-refractivity contribution < 1.29 is 13.6 Å². The molecule has 1 aromatic rings. The largest absolute Gasteiger partial charge is 0.383 e. The van der Waals surface area contributed by atoms with E-state index in [1.165, 1.54) is 24.4 Å². The van der Waals surface area contributed by atoms with Crippen molar-refractivity contribution in [2.75, 3.05) is 11.9 Å². The van der Waals surface area contributed by atoms with E-state index < -0.39 is 5.92 Å². The first-order valence-electron chi connectivity index (χ1n) is 5.06. The number of anilines is 1. The number of nitrogens with one attached hydrogen (secondary N) is 2. The van der Waals surface area contributed by atoms with Gasteiger partial charge < -0.3 is 10.6 Å². The third-order valence-electron chi connectivity index (χ3n) is 2.06. The highest BCUT2D eigenvalue weighted by Gasteiger charge is 2.24. The fourth-order valence-corrected chi connectivity index (χ4v) is 1.24. The summed E-state index contributed by atoms with van der Waals surface area (Å²) < 4.78 is 26.1. The van der Waals surface area contributed by atoms with Crippen LogP contribution in [0, 0.1) is 0 Å². The van der Waals surface area contributed by atoms with E-state index in [4.69, 9.17) is 0 Å². The van der Waals surface area contributed by atoms with Gasteiger partial charge in [-0.25, -0.2) is 8.78 Å². The lowest BCUT2D eigenvalue weighted by molar-refractivity contribution is -0.115. The predicted octanol–water partition coefficient (Wildman–Crippen LogP) is 2.47. The van der Waals surface area contributed by atoms with Crippen molar-refractivity contribution in [3.8, 4) is 0 Å². The van der Waals surface area contributed by atoms with Gasteiger partial charge in [-0.3, -0.25) is 4.79 Å². The zero-order valence-electron chi connectivity index (χ0n) is 9.47. The molecule has 92 valence electrons. The number of alkyl halides is 2. The summed E-state index contributed by atoms with van der Waals surface area (Å²) in [7, 11) is 0. The van der Waals surface area contributed by atoms with Crippen molar-refractivity contribution in [1.82, 2.24) is 5.32 Å². The van der Waals surface area contributed by atoms with Gasteiger partial charge in [0.2, 0.25) is 5.91 Å². The molecule has 5 heteroatoms. The number of benzene rings is 1. The van der Waals surface area contributed by atoms with Crippen molar-refractivity contribution in [2.45, 2.75) is 12.8 Å². The molecule has 0 aliphatic carbocycles. The highest BCUT2D eigenvalue weighted by molar-refractivity contribution is 5.92. The zero-order valence-corrected chi connectivity index (χ0v) is 9.47. The van der Waals surface area contributed by atoms with Crippen LogP contribution in [0.4, 0.5) is 14.5 Å². The first kappa shape index (κ1) is 13.2. The molecule has 0 atom stereocenters. The lowest BCUT2D eigenvalue weighted by Crippen LogP contribution is -2.24. The maximum absolute atomic E-state index is 13.0. The van der Waals surface area contributed by atoms with Crippen molar-refractivity contribution in [2.24, 2.45) is 0 Å². The molecule has 0 saturated heterocycles. The number of hydrogen-bond acceptors (Lipinski definition) is 2. The fourth-order valence-electron chi connectivity index (χ4n) is 1.24. The summed E-state index contributed by atoms with van der Waals surface area (Å²) in [5.74, 6) is -3.23. The monoisotopic (exact) mass is 240 g/mol. The van der Waals surface area contributed by atoms with Gasteiger partial charge in [-0.2, -0.15) is 0 Å². The second-order valence-electron chi connectivity index (χ2n) is 3.60. The molecule has 0 unspecified atom stereocenters. The number of rotatable bonds is 5. The van der Waals surface area contributed by atoms with E-state index in [9.17, 15) is 13.6 Å². The number of carbonyl (C=O) groups is 1. The maximum atomic E-state index is 13.0. The molecular weight excluding hydrogens is 226 g/mol. The molecule has 0 heterocycles. The van der Waals surface area contributed by atoms with Gasteiger partial charge in [-0.1, -0.05) is 18.7 Å². The minimum atomic E-state index is -2.92. The third kappa shape index (κ3) is 4.22. The smallest absolute Gasteiger partial charge is 0.270 e. The van der Waals surface area contributed by atoms with Gasteiger partial charge in [-0.15, -0.1) is 0 Å². The van der Waals surface area contributed by atoms with E-state index in [0.29, 0.717) is 5.69 Å². The van der Waals surface area contributed by atoms with E-state index >= 15 is 0 Å². The van der Waals surface area contributed by atoms with E-state index in [2.05, 4.69) is 17.2 Å². The van der Waals surface area contributed by atoms with Crippen molar-refractivity contribution in [3.05, 3.63) is 42.6 Å². The Morgan fingerprint density at radius 1 is 1.53 bits per heavy atom. The van der Waals surface area contributed by atoms with Crippen LogP contribution in [0.5, 0.6) is 0 Å². The van der Waals surface area contributed by atoms with Crippen molar-refractivity contribution >= 4 is 11.6 Å². The van der Waals surface area contributed by atoms with E-state index in [1.54, 1.807) is 6.07 Å². The molecule has 0 spiro atoms. The van der Waals surface area contributed by atoms with Crippen LogP contribution in [0.1, 0.15) is 12.5 Å². The molecule has 1 amide bonds. The molecule has 0 radical (unpaired) electrons. The second kappa shape index (κ2) is 5.43. The summed E-state index contributed by atoms with van der Waals surface area (Å²) in [6, 6.07) is 5.60. The minimum Gasteiger partial charge on any atom is -0.383 e. The Bertz CT molecular complexity index is 413. The molecule has 0 fully saturated rings. The van der Waals surface area contributed by atoms with Gasteiger partial charge >= 0.3 is 0 Å². The van der Waals surface area contributed by atoms with Crippen LogP contribution < -0.4 is 10.6 Å². The normalized spacial score (nSPS) is 10.8. The quantitative estimate of drug-likeness (QED) is 0.830. The Morgan fingerprint density at radius 2 is 2.24 bits per heavy atom. The van der Waals surface area contributed by atoms with Crippen molar-refractivity contribution in [1.29, 1.82) is 0 Å². The van der Waals surface area contributed by atoms with E-state index in [0.717, 1.165) is 6.92 Å². The molecule has 1 aromatic carbocycles. The average molecular weight is 240 g/mol. The van der Waals surface area contributed by atoms with Gasteiger partial charge in [0.25, 0.3) is 5.92 Å². The number of halogens is 2.